The predicted octanol–water partition coefficient (Wildman–Crippen LogP) is 4.23. The predicted molar refractivity (Wildman–Crippen MR) is 117 cm³/mol. The number of benzene rings is 2. The van der Waals surface area contributed by atoms with Crippen LogP contribution in [0.1, 0.15) is 32.8 Å². The van der Waals surface area contributed by atoms with Crippen molar-refractivity contribution in [2.75, 3.05) is 25.1 Å². The van der Waals surface area contributed by atoms with Crippen LogP contribution in [0.3, 0.4) is 0 Å². The smallest absolute Gasteiger partial charge is 0.278 e. The molecule has 3 rings (SSSR count). The van der Waals surface area contributed by atoms with Crippen molar-refractivity contribution in [3.8, 4) is 5.75 Å². The molecule has 164 valence electrons. The van der Waals surface area contributed by atoms with Crippen LogP contribution in [0.25, 0.3) is 5.57 Å². The molecule has 0 radical (unpaired) electrons. The van der Waals surface area contributed by atoms with E-state index < -0.39 is 5.91 Å². The van der Waals surface area contributed by atoms with Crippen molar-refractivity contribution < 1.29 is 23.5 Å². The molecule has 2 amide bonds. The summed E-state index contributed by atoms with van der Waals surface area (Å²) in [5, 5.41) is 3.01. The molecule has 1 aliphatic heterocycles. The summed E-state index contributed by atoms with van der Waals surface area (Å²) in [6, 6.07) is 12.7. The second kappa shape index (κ2) is 10.2. The molecule has 0 saturated carbocycles. The molecule has 0 spiro atoms. The number of hydrogen-bond donors (Lipinski definition) is 1. The minimum Gasteiger partial charge on any atom is -0.494 e. The van der Waals surface area contributed by atoms with Crippen LogP contribution in [-0.2, 0) is 14.3 Å². The Labute approximate surface area is 181 Å². The van der Waals surface area contributed by atoms with Gasteiger partial charge in [-0.3, -0.25) is 14.5 Å². The number of nitrogens with one attached hydrogen (secondary N) is 1. The fraction of sp³-hybridized carbons (Fsp3) is 0.333. The zero-order valence-corrected chi connectivity index (χ0v) is 18.0. The number of ether oxygens (including phenoxy) is 2. The van der Waals surface area contributed by atoms with Crippen molar-refractivity contribution in [1.82, 2.24) is 4.90 Å². The number of imide groups is 1. The van der Waals surface area contributed by atoms with Crippen molar-refractivity contribution >= 4 is 23.1 Å². The normalized spacial score (nSPS) is 14.0. The Morgan fingerprint density at radius 1 is 1.00 bits per heavy atom. The summed E-state index contributed by atoms with van der Waals surface area (Å²) < 4.78 is 24.3. The van der Waals surface area contributed by atoms with Gasteiger partial charge in [-0.25, -0.2) is 4.39 Å². The molecule has 0 fully saturated rings. The fourth-order valence-corrected chi connectivity index (χ4v) is 3.27. The number of anilines is 1. The standard InChI is InChI=1S/C24H27FN2O4/c1-4-30-20-12-6-17(7-13-20)21-22(26-19-10-8-18(25)9-11-19)24(29)27(23(21)28)14-5-15-31-16(2)3/h6-13,16,26H,4-5,14-15H2,1-3H3. The van der Waals surface area contributed by atoms with Crippen LogP contribution in [0, 0.1) is 5.82 Å². The maximum absolute atomic E-state index is 13.3. The van der Waals surface area contributed by atoms with E-state index in [9.17, 15) is 14.0 Å². The minimum atomic E-state index is -0.414. The lowest BCUT2D eigenvalue weighted by atomic mass is 10.0. The van der Waals surface area contributed by atoms with Crippen molar-refractivity contribution in [3.05, 3.63) is 65.6 Å². The first kappa shape index (κ1) is 22.5. The van der Waals surface area contributed by atoms with Gasteiger partial charge in [-0.05, 0) is 69.2 Å². The van der Waals surface area contributed by atoms with Crippen LogP contribution >= 0.6 is 0 Å². The van der Waals surface area contributed by atoms with Crippen LogP contribution in [-0.4, -0.2) is 42.6 Å². The topological polar surface area (TPSA) is 67.9 Å². The summed E-state index contributed by atoms with van der Waals surface area (Å²) in [7, 11) is 0. The Balaban J connectivity index is 1.89. The van der Waals surface area contributed by atoms with Gasteiger partial charge in [0.05, 0.1) is 18.3 Å². The molecule has 1 N–H and O–H groups in total. The van der Waals surface area contributed by atoms with Gasteiger partial charge in [-0.1, -0.05) is 12.1 Å². The zero-order chi connectivity index (χ0) is 22.4. The molecule has 7 heteroatoms. The lowest BCUT2D eigenvalue weighted by Crippen LogP contribution is -2.34. The molecule has 2 aromatic carbocycles. The first-order valence-corrected chi connectivity index (χ1v) is 10.4. The van der Waals surface area contributed by atoms with Gasteiger partial charge in [0.2, 0.25) is 0 Å². The van der Waals surface area contributed by atoms with Gasteiger partial charge in [-0.15, -0.1) is 0 Å². The average molecular weight is 426 g/mol. The molecule has 0 aliphatic carbocycles. The van der Waals surface area contributed by atoms with Gasteiger partial charge in [0.15, 0.2) is 0 Å². The molecule has 1 aliphatic rings. The van der Waals surface area contributed by atoms with Crippen LogP contribution < -0.4 is 10.1 Å². The Kier molecular flexibility index (Phi) is 7.41. The average Bonchev–Trinajstić information content (AvgIpc) is 2.97. The quantitative estimate of drug-likeness (QED) is 0.455. The highest BCUT2D eigenvalue weighted by Crippen LogP contribution is 2.31. The number of carbonyl (C=O) groups is 2. The van der Waals surface area contributed by atoms with E-state index in [0.717, 1.165) is 0 Å². The molecule has 0 unspecified atom stereocenters. The number of rotatable bonds is 10. The molecule has 1 heterocycles. The Morgan fingerprint density at radius 3 is 2.29 bits per heavy atom. The first-order chi connectivity index (χ1) is 14.9. The van der Waals surface area contributed by atoms with Gasteiger partial charge in [0, 0.05) is 18.8 Å². The fourth-order valence-electron chi connectivity index (χ4n) is 3.27. The summed E-state index contributed by atoms with van der Waals surface area (Å²) >= 11 is 0. The van der Waals surface area contributed by atoms with E-state index >= 15 is 0 Å². The summed E-state index contributed by atoms with van der Waals surface area (Å²) in [5.41, 5.74) is 1.58. The Hall–Kier alpha value is -3.19. The molecule has 0 aromatic heterocycles. The largest absolute Gasteiger partial charge is 0.494 e. The summed E-state index contributed by atoms with van der Waals surface area (Å²) in [6.07, 6.45) is 0.619. The van der Waals surface area contributed by atoms with Crippen molar-refractivity contribution in [2.24, 2.45) is 0 Å². The third kappa shape index (κ3) is 5.49. The maximum Gasteiger partial charge on any atom is 0.278 e. The molecule has 6 nitrogen and oxygen atoms in total. The van der Waals surface area contributed by atoms with Crippen molar-refractivity contribution in [1.29, 1.82) is 0 Å². The van der Waals surface area contributed by atoms with Crippen LogP contribution in [0.2, 0.25) is 0 Å². The highest BCUT2D eigenvalue weighted by Gasteiger charge is 2.38. The maximum atomic E-state index is 13.3. The van der Waals surface area contributed by atoms with E-state index in [1.54, 1.807) is 24.3 Å². The molecule has 0 bridgehead atoms. The number of nitrogens with zero attached hydrogens (tertiary/aromatic N) is 1. The highest BCUT2D eigenvalue weighted by molar-refractivity contribution is 6.36. The molecule has 2 aromatic rings. The van der Waals surface area contributed by atoms with Gasteiger partial charge >= 0.3 is 0 Å². The van der Waals surface area contributed by atoms with Crippen molar-refractivity contribution in [2.45, 2.75) is 33.3 Å². The number of hydrogen-bond acceptors (Lipinski definition) is 5. The van der Waals surface area contributed by atoms with E-state index in [-0.39, 0.29) is 35.6 Å². The van der Waals surface area contributed by atoms with Crippen LogP contribution in [0.5, 0.6) is 5.75 Å². The van der Waals surface area contributed by atoms with E-state index in [4.69, 9.17) is 9.47 Å². The molecule has 31 heavy (non-hydrogen) atoms. The van der Waals surface area contributed by atoms with E-state index in [1.807, 2.05) is 20.8 Å². The van der Waals surface area contributed by atoms with Gasteiger partial charge in [0.1, 0.15) is 17.3 Å². The third-order valence-corrected chi connectivity index (χ3v) is 4.71. The second-order valence-corrected chi connectivity index (χ2v) is 7.37. The first-order valence-electron chi connectivity index (χ1n) is 10.4. The Morgan fingerprint density at radius 2 is 1.68 bits per heavy atom. The number of halogens is 1. The SMILES string of the molecule is CCOc1ccc(C2=C(Nc3ccc(F)cc3)C(=O)N(CCCOC(C)C)C2=O)cc1. The summed E-state index contributed by atoms with van der Waals surface area (Å²) in [5.74, 6) is -0.489. The molecular formula is C24H27FN2O4. The third-order valence-electron chi connectivity index (χ3n) is 4.71. The van der Waals surface area contributed by atoms with Gasteiger partial charge < -0.3 is 14.8 Å². The minimum absolute atomic E-state index is 0.0817. The number of amides is 2. The second-order valence-electron chi connectivity index (χ2n) is 7.37. The van der Waals surface area contributed by atoms with Gasteiger partial charge in [-0.2, -0.15) is 0 Å². The van der Waals surface area contributed by atoms with Gasteiger partial charge in [0.25, 0.3) is 11.8 Å². The van der Waals surface area contributed by atoms with Crippen molar-refractivity contribution in [3.63, 3.8) is 0 Å². The van der Waals surface area contributed by atoms with E-state index in [0.29, 0.717) is 36.6 Å². The van der Waals surface area contributed by atoms with Crippen LogP contribution in [0.15, 0.2) is 54.2 Å². The van der Waals surface area contributed by atoms with Crippen LogP contribution in [0.4, 0.5) is 10.1 Å². The monoisotopic (exact) mass is 426 g/mol. The highest BCUT2D eigenvalue weighted by atomic mass is 19.1. The lowest BCUT2D eigenvalue weighted by Gasteiger charge is -2.16. The zero-order valence-electron chi connectivity index (χ0n) is 18.0. The van der Waals surface area contributed by atoms with E-state index in [1.165, 1.54) is 29.2 Å². The number of carbonyl (C=O) groups excluding carboxylic acids is 2. The molecular weight excluding hydrogens is 399 g/mol. The molecule has 0 saturated heterocycles. The summed E-state index contributed by atoms with van der Waals surface area (Å²) in [4.78, 5) is 27.5. The van der Waals surface area contributed by atoms with E-state index in [2.05, 4.69) is 5.32 Å². The molecule has 0 atom stereocenters. The Bertz CT molecular complexity index is 953. The lowest BCUT2D eigenvalue weighted by molar-refractivity contribution is -0.137. The summed E-state index contributed by atoms with van der Waals surface area (Å²) in [6.45, 7) is 6.99.